The van der Waals surface area contributed by atoms with E-state index in [0.717, 1.165) is 0 Å². The highest BCUT2D eigenvalue weighted by Gasteiger charge is 2.18. The summed E-state index contributed by atoms with van der Waals surface area (Å²) in [6, 6.07) is 19.1. The quantitative estimate of drug-likeness (QED) is 0.369. The highest BCUT2D eigenvalue weighted by molar-refractivity contribution is 6.13. The molecule has 4 aromatic carbocycles. The SMILES string of the molecule is O=C(O)c1ccc2ccccc2c1C(=O)O.O=C(O)c1cccc2cccc(C(=O)O)c12. The van der Waals surface area contributed by atoms with Crippen LogP contribution in [0.1, 0.15) is 41.4 Å². The highest BCUT2D eigenvalue weighted by Crippen LogP contribution is 2.24. The van der Waals surface area contributed by atoms with Gasteiger partial charge in [-0.15, -0.1) is 0 Å². The zero-order valence-corrected chi connectivity index (χ0v) is 16.4. The first-order chi connectivity index (χ1) is 15.2. The van der Waals surface area contributed by atoms with Crippen LogP contribution in [0.2, 0.25) is 0 Å². The fraction of sp³-hybridized carbons (Fsp3) is 0. The van der Waals surface area contributed by atoms with E-state index in [2.05, 4.69) is 0 Å². The molecule has 160 valence electrons. The predicted octanol–water partition coefficient (Wildman–Crippen LogP) is 4.47. The lowest BCUT2D eigenvalue weighted by Crippen LogP contribution is -2.08. The molecule has 32 heavy (non-hydrogen) atoms. The number of hydrogen-bond donors (Lipinski definition) is 4. The van der Waals surface area contributed by atoms with Gasteiger partial charge in [0.25, 0.3) is 0 Å². The maximum absolute atomic E-state index is 11.1. The van der Waals surface area contributed by atoms with E-state index >= 15 is 0 Å². The van der Waals surface area contributed by atoms with Crippen LogP contribution in [0.3, 0.4) is 0 Å². The van der Waals surface area contributed by atoms with E-state index < -0.39 is 23.9 Å². The maximum Gasteiger partial charge on any atom is 0.337 e. The van der Waals surface area contributed by atoms with Gasteiger partial charge in [0.15, 0.2) is 0 Å². The molecule has 0 amide bonds. The molecule has 0 spiro atoms. The molecule has 0 radical (unpaired) electrons. The van der Waals surface area contributed by atoms with E-state index in [-0.39, 0.29) is 27.6 Å². The molecule has 0 aliphatic rings. The second kappa shape index (κ2) is 8.97. The van der Waals surface area contributed by atoms with Gasteiger partial charge >= 0.3 is 23.9 Å². The van der Waals surface area contributed by atoms with Crippen LogP contribution >= 0.6 is 0 Å². The number of benzene rings is 4. The Labute approximate surface area is 180 Å². The molecule has 0 fully saturated rings. The van der Waals surface area contributed by atoms with Gasteiger partial charge in [-0.25, -0.2) is 19.2 Å². The lowest BCUT2D eigenvalue weighted by molar-refractivity contribution is 0.0653. The first-order valence-electron chi connectivity index (χ1n) is 9.19. The van der Waals surface area contributed by atoms with Crippen LogP contribution in [-0.2, 0) is 0 Å². The van der Waals surface area contributed by atoms with Crippen molar-refractivity contribution < 1.29 is 39.6 Å². The van der Waals surface area contributed by atoms with Crippen molar-refractivity contribution in [2.75, 3.05) is 0 Å². The van der Waals surface area contributed by atoms with E-state index in [4.69, 9.17) is 20.4 Å². The molecular weight excluding hydrogens is 416 g/mol. The molecule has 0 saturated carbocycles. The number of rotatable bonds is 4. The molecule has 8 nitrogen and oxygen atoms in total. The summed E-state index contributed by atoms with van der Waals surface area (Å²) < 4.78 is 0. The van der Waals surface area contributed by atoms with E-state index in [1.165, 1.54) is 18.2 Å². The highest BCUT2D eigenvalue weighted by atomic mass is 16.4. The lowest BCUT2D eigenvalue weighted by atomic mass is 9.99. The number of carbonyl (C=O) groups is 4. The molecule has 0 heterocycles. The Hall–Kier alpha value is -4.72. The van der Waals surface area contributed by atoms with Gasteiger partial charge in [-0.2, -0.15) is 0 Å². The summed E-state index contributed by atoms with van der Waals surface area (Å²) in [4.78, 5) is 44.0. The third-order valence-electron chi connectivity index (χ3n) is 4.74. The van der Waals surface area contributed by atoms with Crippen molar-refractivity contribution in [1.82, 2.24) is 0 Å². The second-order valence-corrected chi connectivity index (χ2v) is 6.64. The normalized spacial score (nSPS) is 10.2. The van der Waals surface area contributed by atoms with Gasteiger partial charge in [0, 0.05) is 5.39 Å². The van der Waals surface area contributed by atoms with Gasteiger partial charge in [-0.05, 0) is 34.4 Å². The molecule has 0 bridgehead atoms. The monoisotopic (exact) mass is 432 g/mol. The first kappa shape index (κ1) is 22.0. The molecule has 0 aliphatic heterocycles. The van der Waals surface area contributed by atoms with E-state index in [1.807, 2.05) is 0 Å². The first-order valence-corrected chi connectivity index (χ1v) is 9.19. The van der Waals surface area contributed by atoms with Crippen LogP contribution in [0, 0.1) is 0 Å². The van der Waals surface area contributed by atoms with Crippen molar-refractivity contribution in [3.8, 4) is 0 Å². The number of fused-ring (bicyclic) bond motifs is 2. The molecule has 0 unspecified atom stereocenters. The predicted molar refractivity (Wildman–Crippen MR) is 116 cm³/mol. The van der Waals surface area contributed by atoms with Gasteiger partial charge < -0.3 is 20.4 Å². The molecule has 4 rings (SSSR count). The Balaban J connectivity index is 0.000000181. The average Bonchev–Trinajstić information content (AvgIpc) is 2.77. The third-order valence-corrected chi connectivity index (χ3v) is 4.74. The standard InChI is InChI=1S/2C12H8O4/c13-11(14)8-5-1-3-7-4-2-6-9(10(7)8)12(15)16;13-11(14)9-6-5-7-3-1-2-4-8(7)10(9)12(15)16/h2*1-6H,(H,13,14)(H,15,16). The molecular formula is C24H16O8. The van der Waals surface area contributed by atoms with Gasteiger partial charge in [0.1, 0.15) is 0 Å². The minimum Gasteiger partial charge on any atom is -0.478 e. The van der Waals surface area contributed by atoms with Crippen LogP contribution < -0.4 is 0 Å². The van der Waals surface area contributed by atoms with Crippen LogP contribution in [0.4, 0.5) is 0 Å². The molecule has 4 N–H and O–H groups in total. The molecule has 0 atom stereocenters. The molecule has 0 aliphatic carbocycles. The smallest absolute Gasteiger partial charge is 0.337 e. The van der Waals surface area contributed by atoms with Gasteiger partial charge in [0.2, 0.25) is 0 Å². The summed E-state index contributed by atoms with van der Waals surface area (Å²) in [6.07, 6.45) is 0. The maximum atomic E-state index is 11.1. The number of carboxylic acids is 4. The van der Waals surface area contributed by atoms with Gasteiger partial charge in [-0.3, -0.25) is 0 Å². The number of carboxylic acid groups (broad SMARTS) is 4. The van der Waals surface area contributed by atoms with Gasteiger partial charge in [-0.1, -0.05) is 54.6 Å². The summed E-state index contributed by atoms with van der Waals surface area (Å²) in [7, 11) is 0. The zero-order valence-electron chi connectivity index (χ0n) is 16.4. The fourth-order valence-corrected chi connectivity index (χ4v) is 3.38. The van der Waals surface area contributed by atoms with E-state index in [0.29, 0.717) is 16.2 Å². The minimum absolute atomic E-state index is 0.00972. The Morgan fingerprint density at radius 2 is 0.969 bits per heavy atom. The van der Waals surface area contributed by atoms with Crippen molar-refractivity contribution >= 4 is 45.4 Å². The van der Waals surface area contributed by atoms with E-state index in [9.17, 15) is 19.2 Å². The number of aromatic carboxylic acids is 4. The Morgan fingerprint density at radius 1 is 0.469 bits per heavy atom. The molecule has 0 saturated heterocycles. The Kier molecular flexibility index (Phi) is 6.16. The lowest BCUT2D eigenvalue weighted by Gasteiger charge is -2.05. The van der Waals surface area contributed by atoms with Crippen LogP contribution in [0.5, 0.6) is 0 Å². The van der Waals surface area contributed by atoms with Crippen LogP contribution in [-0.4, -0.2) is 44.3 Å². The summed E-state index contributed by atoms with van der Waals surface area (Å²) in [5.74, 6) is -4.71. The Morgan fingerprint density at radius 3 is 1.47 bits per heavy atom. The molecule has 4 aromatic rings. The second-order valence-electron chi connectivity index (χ2n) is 6.64. The summed E-state index contributed by atoms with van der Waals surface area (Å²) in [6.45, 7) is 0. The largest absolute Gasteiger partial charge is 0.478 e. The van der Waals surface area contributed by atoms with Crippen molar-refractivity contribution in [2.24, 2.45) is 0 Å². The third kappa shape index (κ3) is 4.24. The van der Waals surface area contributed by atoms with Crippen molar-refractivity contribution in [3.05, 3.63) is 95.1 Å². The minimum atomic E-state index is -1.23. The summed E-state index contributed by atoms with van der Waals surface area (Å²) >= 11 is 0. The number of hydrogen-bond acceptors (Lipinski definition) is 4. The van der Waals surface area contributed by atoms with Crippen LogP contribution in [0.25, 0.3) is 21.5 Å². The van der Waals surface area contributed by atoms with Gasteiger partial charge in [0.05, 0.1) is 22.3 Å². The van der Waals surface area contributed by atoms with E-state index in [1.54, 1.807) is 54.6 Å². The average molecular weight is 432 g/mol. The summed E-state index contributed by atoms with van der Waals surface area (Å²) in [5, 5.41) is 38.0. The van der Waals surface area contributed by atoms with Crippen molar-refractivity contribution in [3.63, 3.8) is 0 Å². The topological polar surface area (TPSA) is 149 Å². The van der Waals surface area contributed by atoms with Crippen molar-refractivity contribution in [2.45, 2.75) is 0 Å². The van der Waals surface area contributed by atoms with Crippen LogP contribution in [0.15, 0.2) is 72.8 Å². The summed E-state index contributed by atoms with van der Waals surface area (Å²) in [5.41, 5.74) is -0.331. The molecule has 8 heteroatoms. The Bertz CT molecular complexity index is 1340. The molecule has 0 aromatic heterocycles. The van der Waals surface area contributed by atoms with Crippen molar-refractivity contribution in [1.29, 1.82) is 0 Å². The fourth-order valence-electron chi connectivity index (χ4n) is 3.38. The zero-order chi connectivity index (χ0) is 23.4.